The van der Waals surface area contributed by atoms with Gasteiger partial charge in [-0.05, 0) is 50.7 Å². The van der Waals surface area contributed by atoms with Gasteiger partial charge in [0.1, 0.15) is 0 Å². The molecule has 0 saturated heterocycles. The molecular weight excluding hydrogens is 222 g/mol. The molecule has 18 heavy (non-hydrogen) atoms. The van der Waals surface area contributed by atoms with E-state index in [1.807, 2.05) is 36.1 Å². The van der Waals surface area contributed by atoms with Crippen molar-refractivity contribution in [3.05, 3.63) is 54.4 Å². The van der Waals surface area contributed by atoms with Crippen LogP contribution in [0.2, 0.25) is 0 Å². The average Bonchev–Trinajstić information content (AvgIpc) is 2.89. The van der Waals surface area contributed by atoms with Crippen LogP contribution in [-0.4, -0.2) is 23.4 Å². The van der Waals surface area contributed by atoms with Crippen molar-refractivity contribution < 1.29 is 0 Å². The van der Waals surface area contributed by atoms with Gasteiger partial charge in [-0.3, -0.25) is 0 Å². The molecule has 0 aliphatic heterocycles. The van der Waals surface area contributed by atoms with Crippen LogP contribution in [0.25, 0.3) is 11.3 Å². The lowest BCUT2D eigenvalue weighted by Gasteiger charge is -2.07. The van der Waals surface area contributed by atoms with E-state index in [4.69, 9.17) is 0 Å². The van der Waals surface area contributed by atoms with Crippen LogP contribution in [0.15, 0.2) is 48.7 Å². The first-order valence-electron chi connectivity index (χ1n) is 6.24. The summed E-state index contributed by atoms with van der Waals surface area (Å²) in [5, 5.41) is 7.54. The van der Waals surface area contributed by atoms with Gasteiger partial charge in [0.25, 0.3) is 0 Å². The van der Waals surface area contributed by atoms with E-state index in [1.54, 1.807) is 0 Å². The summed E-state index contributed by atoms with van der Waals surface area (Å²) in [7, 11) is 1.97. The van der Waals surface area contributed by atoms with Gasteiger partial charge in [0.2, 0.25) is 0 Å². The number of benzene rings is 1. The topological polar surface area (TPSA) is 29.9 Å². The lowest BCUT2D eigenvalue weighted by atomic mass is 10.1. The van der Waals surface area contributed by atoms with E-state index < -0.39 is 0 Å². The molecule has 0 atom stereocenters. The smallest absolute Gasteiger partial charge is 0.0694 e. The fraction of sp³-hybridized carbons (Fsp3) is 0.267. The number of hydrogen-bond donors (Lipinski definition) is 1. The first kappa shape index (κ1) is 12.6. The molecule has 94 valence electrons. The summed E-state index contributed by atoms with van der Waals surface area (Å²) in [5.74, 6) is 0. The van der Waals surface area contributed by atoms with E-state index in [9.17, 15) is 0 Å². The fourth-order valence-electron chi connectivity index (χ4n) is 1.91. The third kappa shape index (κ3) is 2.87. The molecule has 1 heterocycles. The highest BCUT2D eigenvalue weighted by atomic mass is 15.3. The fourth-order valence-corrected chi connectivity index (χ4v) is 1.91. The Morgan fingerprint density at radius 3 is 2.78 bits per heavy atom. The molecule has 0 amide bonds. The lowest BCUT2D eigenvalue weighted by molar-refractivity contribution is 0.806. The summed E-state index contributed by atoms with van der Waals surface area (Å²) in [6.07, 6.45) is 5.12. The Morgan fingerprint density at radius 2 is 2.06 bits per heavy atom. The van der Waals surface area contributed by atoms with E-state index in [2.05, 4.69) is 41.6 Å². The predicted octanol–water partition coefficient (Wildman–Crippen LogP) is 2.89. The summed E-state index contributed by atoms with van der Waals surface area (Å²) in [6.45, 7) is 3.13. The van der Waals surface area contributed by atoms with Crippen LogP contribution in [0.1, 0.15) is 19.0 Å². The molecule has 1 N–H and O–H groups in total. The number of para-hydroxylation sites is 1. The first-order chi connectivity index (χ1) is 8.83. The highest BCUT2D eigenvalue weighted by molar-refractivity contribution is 5.62. The van der Waals surface area contributed by atoms with Gasteiger partial charge in [-0.1, -0.05) is 24.3 Å². The number of aromatic nitrogens is 2. The molecule has 0 aliphatic rings. The minimum Gasteiger partial charge on any atom is -0.319 e. The Labute approximate surface area is 108 Å². The second-order valence-electron chi connectivity index (χ2n) is 4.24. The number of allylic oxidation sites excluding steroid dienone is 1. The van der Waals surface area contributed by atoms with Gasteiger partial charge in [-0.2, -0.15) is 5.10 Å². The Bertz CT molecular complexity index is 512. The Kier molecular flexibility index (Phi) is 4.31. The summed E-state index contributed by atoms with van der Waals surface area (Å²) in [6, 6.07) is 12.3. The van der Waals surface area contributed by atoms with Crippen molar-refractivity contribution in [1.29, 1.82) is 0 Å². The van der Waals surface area contributed by atoms with E-state index in [-0.39, 0.29) is 0 Å². The molecule has 0 fully saturated rings. The SMILES string of the molecule is CNCC/C=C(/C)c1ccnn1-c1ccccc1. The van der Waals surface area contributed by atoms with Gasteiger partial charge in [0, 0.05) is 0 Å². The second-order valence-corrected chi connectivity index (χ2v) is 4.24. The van der Waals surface area contributed by atoms with Crippen molar-refractivity contribution in [2.75, 3.05) is 13.6 Å². The number of nitrogens with zero attached hydrogens (tertiary/aromatic N) is 2. The molecule has 0 unspecified atom stereocenters. The minimum atomic E-state index is 0.997. The lowest BCUT2D eigenvalue weighted by Crippen LogP contribution is -2.06. The molecule has 1 aromatic heterocycles. The molecule has 3 heteroatoms. The maximum atomic E-state index is 4.40. The highest BCUT2D eigenvalue weighted by Gasteiger charge is 2.05. The van der Waals surface area contributed by atoms with Gasteiger partial charge in [-0.25, -0.2) is 4.68 Å². The molecule has 0 radical (unpaired) electrons. The van der Waals surface area contributed by atoms with Crippen molar-refractivity contribution in [2.45, 2.75) is 13.3 Å². The van der Waals surface area contributed by atoms with Crippen LogP contribution in [-0.2, 0) is 0 Å². The van der Waals surface area contributed by atoms with Crippen LogP contribution in [0.5, 0.6) is 0 Å². The van der Waals surface area contributed by atoms with Crippen molar-refractivity contribution in [3.8, 4) is 5.69 Å². The molecule has 0 aliphatic carbocycles. The molecule has 0 saturated carbocycles. The zero-order valence-corrected chi connectivity index (χ0v) is 10.9. The van der Waals surface area contributed by atoms with Gasteiger partial charge in [0.05, 0.1) is 17.6 Å². The summed E-state index contributed by atoms with van der Waals surface area (Å²) in [5.41, 5.74) is 3.50. The predicted molar refractivity (Wildman–Crippen MR) is 75.8 cm³/mol. The maximum Gasteiger partial charge on any atom is 0.0694 e. The van der Waals surface area contributed by atoms with E-state index in [1.165, 1.54) is 5.57 Å². The molecule has 3 nitrogen and oxygen atoms in total. The van der Waals surface area contributed by atoms with E-state index in [0.29, 0.717) is 0 Å². The van der Waals surface area contributed by atoms with Gasteiger partial charge in [-0.15, -0.1) is 0 Å². The van der Waals surface area contributed by atoms with Gasteiger partial charge >= 0.3 is 0 Å². The quantitative estimate of drug-likeness (QED) is 0.816. The molecule has 1 aromatic carbocycles. The van der Waals surface area contributed by atoms with Crippen LogP contribution in [0.3, 0.4) is 0 Å². The Hall–Kier alpha value is -1.87. The molecule has 2 rings (SSSR count). The van der Waals surface area contributed by atoms with Crippen LogP contribution < -0.4 is 5.32 Å². The van der Waals surface area contributed by atoms with Crippen LogP contribution >= 0.6 is 0 Å². The summed E-state index contributed by atoms with van der Waals surface area (Å²) in [4.78, 5) is 0. The monoisotopic (exact) mass is 241 g/mol. The number of hydrogen-bond acceptors (Lipinski definition) is 2. The van der Waals surface area contributed by atoms with Crippen molar-refractivity contribution in [2.24, 2.45) is 0 Å². The summed E-state index contributed by atoms with van der Waals surface area (Å²) >= 11 is 0. The third-order valence-electron chi connectivity index (χ3n) is 2.89. The standard InChI is InChI=1S/C15H19N3/c1-13(7-6-11-16-2)15-10-12-17-18(15)14-8-4-3-5-9-14/h3-5,7-10,12,16H,6,11H2,1-2H3/b13-7-. The molecule has 0 bridgehead atoms. The third-order valence-corrected chi connectivity index (χ3v) is 2.89. The Balaban J connectivity index is 2.25. The zero-order valence-electron chi connectivity index (χ0n) is 10.9. The average molecular weight is 241 g/mol. The zero-order chi connectivity index (χ0) is 12.8. The van der Waals surface area contributed by atoms with Crippen molar-refractivity contribution >= 4 is 5.57 Å². The molecular formula is C15H19N3. The van der Waals surface area contributed by atoms with E-state index >= 15 is 0 Å². The number of rotatable bonds is 5. The van der Waals surface area contributed by atoms with Crippen LogP contribution in [0, 0.1) is 0 Å². The second kappa shape index (κ2) is 6.17. The number of nitrogens with one attached hydrogen (secondary N) is 1. The Morgan fingerprint density at radius 1 is 1.28 bits per heavy atom. The first-order valence-corrected chi connectivity index (χ1v) is 6.24. The van der Waals surface area contributed by atoms with Gasteiger partial charge in [0.15, 0.2) is 0 Å². The maximum absolute atomic E-state index is 4.40. The van der Waals surface area contributed by atoms with Gasteiger partial charge < -0.3 is 5.32 Å². The molecule has 0 spiro atoms. The summed E-state index contributed by atoms with van der Waals surface area (Å²) < 4.78 is 1.98. The normalized spacial score (nSPS) is 11.8. The largest absolute Gasteiger partial charge is 0.319 e. The van der Waals surface area contributed by atoms with E-state index in [0.717, 1.165) is 24.3 Å². The van der Waals surface area contributed by atoms with Crippen LogP contribution in [0.4, 0.5) is 0 Å². The van der Waals surface area contributed by atoms with Crippen molar-refractivity contribution in [1.82, 2.24) is 15.1 Å². The highest BCUT2D eigenvalue weighted by Crippen LogP contribution is 2.18. The molecule has 2 aromatic rings. The minimum absolute atomic E-state index is 0.997. The van der Waals surface area contributed by atoms with Crippen molar-refractivity contribution in [3.63, 3.8) is 0 Å².